The van der Waals surface area contributed by atoms with Crippen molar-refractivity contribution >= 4 is 34.2 Å². The zero-order valence-corrected chi connectivity index (χ0v) is 9.82. The first-order valence-corrected chi connectivity index (χ1v) is 5.07. The Labute approximate surface area is 96.3 Å². The Morgan fingerprint density at radius 2 is 2.36 bits per heavy atom. The summed E-state index contributed by atoms with van der Waals surface area (Å²) in [6.07, 6.45) is 2.89. The number of anilines is 1. The molecule has 0 bridgehead atoms. The van der Waals surface area contributed by atoms with Crippen molar-refractivity contribution in [2.45, 2.75) is 0 Å². The van der Waals surface area contributed by atoms with Gasteiger partial charge in [-0.15, -0.1) is 0 Å². The summed E-state index contributed by atoms with van der Waals surface area (Å²) < 4.78 is 5.58. The van der Waals surface area contributed by atoms with Crippen LogP contribution in [0, 0.1) is 3.57 Å². The second-order valence-corrected chi connectivity index (χ2v) is 3.76. The molecule has 0 heterocycles. The van der Waals surface area contributed by atoms with Crippen LogP contribution in [0.3, 0.4) is 0 Å². The number of hydrogen-bond donors (Lipinski definition) is 1. The summed E-state index contributed by atoms with van der Waals surface area (Å²) in [5.74, 6) is -0.372. The molecule has 0 fully saturated rings. The van der Waals surface area contributed by atoms with Gasteiger partial charge in [0.25, 0.3) is 0 Å². The molecule has 14 heavy (non-hydrogen) atoms. The fourth-order valence-electron chi connectivity index (χ4n) is 0.852. The number of esters is 1. The van der Waals surface area contributed by atoms with E-state index in [0.29, 0.717) is 0 Å². The van der Waals surface area contributed by atoms with Crippen LogP contribution in [0.25, 0.3) is 0 Å². The Bertz CT molecular complexity index is 350. The van der Waals surface area contributed by atoms with E-state index in [9.17, 15) is 4.79 Å². The Balaban J connectivity index is 2.53. The Hall–Kier alpha value is -1.04. The molecule has 0 aromatic heterocycles. The Kier molecular flexibility index (Phi) is 4.45. The molecule has 1 aromatic rings. The normalized spacial score (nSPS) is 10.1. The van der Waals surface area contributed by atoms with Crippen LogP contribution in [-0.2, 0) is 9.53 Å². The Morgan fingerprint density at radius 1 is 1.57 bits per heavy atom. The van der Waals surface area contributed by atoms with Crippen LogP contribution >= 0.6 is 22.6 Å². The number of benzene rings is 1. The molecule has 1 N–H and O–H groups in total. The van der Waals surface area contributed by atoms with Crippen molar-refractivity contribution in [3.05, 3.63) is 40.1 Å². The SMILES string of the molecule is COC(=O)/C=C/Nc1cccc(I)c1. The summed E-state index contributed by atoms with van der Waals surface area (Å²) in [5, 5.41) is 2.96. The number of hydrogen-bond acceptors (Lipinski definition) is 3. The minimum atomic E-state index is -0.372. The lowest BCUT2D eigenvalue weighted by molar-refractivity contribution is -0.134. The quantitative estimate of drug-likeness (QED) is 0.529. The highest BCUT2D eigenvalue weighted by atomic mass is 127. The predicted octanol–water partition coefficient (Wildman–Crippen LogP) is 2.39. The van der Waals surface area contributed by atoms with Crippen LogP contribution in [0.4, 0.5) is 5.69 Å². The van der Waals surface area contributed by atoms with E-state index in [2.05, 4.69) is 32.6 Å². The monoisotopic (exact) mass is 303 g/mol. The highest BCUT2D eigenvalue weighted by molar-refractivity contribution is 14.1. The van der Waals surface area contributed by atoms with Gasteiger partial charge in [0.2, 0.25) is 0 Å². The highest BCUT2D eigenvalue weighted by Gasteiger charge is 1.91. The van der Waals surface area contributed by atoms with Crippen LogP contribution in [0.2, 0.25) is 0 Å². The van der Waals surface area contributed by atoms with E-state index in [4.69, 9.17) is 0 Å². The average Bonchev–Trinajstić information content (AvgIpc) is 2.17. The summed E-state index contributed by atoms with van der Waals surface area (Å²) in [4.78, 5) is 10.7. The molecule has 0 radical (unpaired) electrons. The Morgan fingerprint density at radius 3 is 3.00 bits per heavy atom. The number of carbonyl (C=O) groups is 1. The first-order chi connectivity index (χ1) is 6.72. The largest absolute Gasteiger partial charge is 0.466 e. The van der Waals surface area contributed by atoms with Gasteiger partial charge in [-0.1, -0.05) is 6.07 Å². The molecule has 0 aliphatic carbocycles. The summed E-state index contributed by atoms with van der Waals surface area (Å²) in [5.41, 5.74) is 0.942. The van der Waals surface area contributed by atoms with E-state index < -0.39 is 0 Å². The summed E-state index contributed by atoms with van der Waals surface area (Å²) >= 11 is 2.22. The van der Waals surface area contributed by atoms with E-state index in [1.54, 1.807) is 6.20 Å². The van der Waals surface area contributed by atoms with Crippen LogP contribution in [-0.4, -0.2) is 13.1 Å². The molecule has 1 aromatic carbocycles. The van der Waals surface area contributed by atoms with Crippen LogP contribution in [0.15, 0.2) is 36.5 Å². The molecular weight excluding hydrogens is 293 g/mol. The second kappa shape index (κ2) is 5.64. The smallest absolute Gasteiger partial charge is 0.331 e. The van der Waals surface area contributed by atoms with Gasteiger partial charge >= 0.3 is 5.97 Å². The first kappa shape index (κ1) is 11.0. The number of methoxy groups -OCH3 is 1. The van der Waals surface area contributed by atoms with Crippen molar-refractivity contribution in [2.24, 2.45) is 0 Å². The van der Waals surface area contributed by atoms with Gasteiger partial charge in [-0.05, 0) is 40.8 Å². The van der Waals surface area contributed by atoms with Crippen LogP contribution in [0.5, 0.6) is 0 Å². The maximum Gasteiger partial charge on any atom is 0.331 e. The third-order valence-corrected chi connectivity index (χ3v) is 2.17. The molecule has 0 aliphatic rings. The van der Waals surface area contributed by atoms with Gasteiger partial charge in [0, 0.05) is 21.5 Å². The van der Waals surface area contributed by atoms with Crippen molar-refractivity contribution < 1.29 is 9.53 Å². The van der Waals surface area contributed by atoms with Crippen molar-refractivity contribution in [2.75, 3.05) is 12.4 Å². The molecule has 1 rings (SSSR count). The average molecular weight is 303 g/mol. The van der Waals surface area contributed by atoms with Gasteiger partial charge in [-0.3, -0.25) is 0 Å². The first-order valence-electron chi connectivity index (χ1n) is 3.99. The molecule has 0 unspecified atom stereocenters. The molecule has 0 atom stereocenters. The van der Waals surface area contributed by atoms with Crippen molar-refractivity contribution in [1.29, 1.82) is 0 Å². The highest BCUT2D eigenvalue weighted by Crippen LogP contribution is 2.11. The lowest BCUT2D eigenvalue weighted by Crippen LogP contribution is -1.96. The minimum Gasteiger partial charge on any atom is -0.466 e. The van der Waals surface area contributed by atoms with E-state index in [0.717, 1.165) is 9.26 Å². The number of rotatable bonds is 3. The van der Waals surface area contributed by atoms with Crippen LogP contribution < -0.4 is 5.32 Å². The molecule has 0 aliphatic heterocycles. The van der Waals surface area contributed by atoms with Crippen molar-refractivity contribution in [1.82, 2.24) is 0 Å². The van der Waals surface area contributed by atoms with Gasteiger partial charge in [-0.2, -0.15) is 0 Å². The van der Waals surface area contributed by atoms with Gasteiger partial charge in [-0.25, -0.2) is 4.79 Å². The molecule has 74 valence electrons. The van der Waals surface area contributed by atoms with Gasteiger partial charge in [0.05, 0.1) is 7.11 Å². The maximum absolute atomic E-state index is 10.7. The fraction of sp³-hybridized carbons (Fsp3) is 0.100. The summed E-state index contributed by atoms with van der Waals surface area (Å²) in [6.45, 7) is 0. The lowest BCUT2D eigenvalue weighted by Gasteiger charge is -1.99. The standard InChI is InChI=1S/C10H10INO2/c1-14-10(13)5-6-12-9-4-2-3-8(11)7-9/h2-7,12H,1H3/b6-5+. The van der Waals surface area contributed by atoms with Crippen LogP contribution in [0.1, 0.15) is 0 Å². The molecule has 3 nitrogen and oxygen atoms in total. The maximum atomic E-state index is 10.7. The minimum absolute atomic E-state index is 0.372. The molecule has 0 saturated carbocycles. The van der Waals surface area contributed by atoms with Crippen molar-refractivity contribution in [3.63, 3.8) is 0 Å². The number of halogens is 1. The lowest BCUT2D eigenvalue weighted by atomic mass is 10.3. The summed E-state index contributed by atoms with van der Waals surface area (Å²) in [7, 11) is 1.35. The number of carbonyl (C=O) groups excluding carboxylic acids is 1. The third kappa shape index (κ3) is 3.78. The molecule has 4 heteroatoms. The number of ether oxygens (including phenoxy) is 1. The molecule has 0 spiro atoms. The summed E-state index contributed by atoms with van der Waals surface area (Å²) in [6, 6.07) is 7.83. The third-order valence-electron chi connectivity index (χ3n) is 1.50. The van der Waals surface area contributed by atoms with E-state index in [-0.39, 0.29) is 5.97 Å². The van der Waals surface area contributed by atoms with Gasteiger partial charge in [0.1, 0.15) is 0 Å². The zero-order chi connectivity index (χ0) is 10.4. The molecule has 0 saturated heterocycles. The molecule has 0 amide bonds. The van der Waals surface area contributed by atoms with E-state index in [1.807, 2.05) is 24.3 Å². The van der Waals surface area contributed by atoms with E-state index >= 15 is 0 Å². The van der Waals surface area contributed by atoms with E-state index in [1.165, 1.54) is 13.2 Å². The predicted molar refractivity (Wildman–Crippen MR) is 63.9 cm³/mol. The zero-order valence-electron chi connectivity index (χ0n) is 7.66. The topological polar surface area (TPSA) is 38.3 Å². The van der Waals surface area contributed by atoms with Crippen molar-refractivity contribution in [3.8, 4) is 0 Å². The number of nitrogens with one attached hydrogen (secondary N) is 1. The fourth-order valence-corrected chi connectivity index (χ4v) is 1.40. The van der Waals surface area contributed by atoms with Gasteiger partial charge < -0.3 is 10.1 Å². The second-order valence-electron chi connectivity index (χ2n) is 2.51. The van der Waals surface area contributed by atoms with Gasteiger partial charge in [0.15, 0.2) is 0 Å². The molecular formula is C10H10INO2.